The van der Waals surface area contributed by atoms with Gasteiger partial charge in [-0.3, -0.25) is 4.79 Å². The van der Waals surface area contributed by atoms with Crippen molar-refractivity contribution in [2.24, 2.45) is 0 Å². The molecule has 0 aliphatic rings. The first-order valence-electron chi connectivity index (χ1n) is 6.00. The van der Waals surface area contributed by atoms with Crippen LogP contribution in [-0.4, -0.2) is 33.1 Å². The molecule has 0 bridgehead atoms. The summed E-state index contributed by atoms with van der Waals surface area (Å²) < 4.78 is 0. The van der Waals surface area contributed by atoms with Gasteiger partial charge in [-0.1, -0.05) is 41.4 Å². The highest BCUT2D eigenvalue weighted by Crippen LogP contribution is 2.21. The molecule has 2 rings (SSSR count). The SMILES string of the molecule is CC(CNC(=O)Cc1ccc(Cl)cc1Cl)c1nn[nH]n1. The van der Waals surface area contributed by atoms with Crippen molar-refractivity contribution in [2.75, 3.05) is 6.54 Å². The fourth-order valence-electron chi connectivity index (χ4n) is 1.64. The minimum absolute atomic E-state index is 0.0154. The molecule has 0 spiro atoms. The Bertz CT molecular complexity index is 588. The van der Waals surface area contributed by atoms with E-state index in [0.717, 1.165) is 5.56 Å². The molecular formula is C12H13Cl2N5O. The van der Waals surface area contributed by atoms with Crippen LogP contribution in [-0.2, 0) is 11.2 Å². The van der Waals surface area contributed by atoms with Crippen molar-refractivity contribution in [3.63, 3.8) is 0 Å². The van der Waals surface area contributed by atoms with E-state index in [1.807, 2.05) is 6.92 Å². The first-order chi connectivity index (χ1) is 9.56. The van der Waals surface area contributed by atoms with Gasteiger partial charge in [-0.2, -0.15) is 5.21 Å². The highest BCUT2D eigenvalue weighted by atomic mass is 35.5. The number of benzene rings is 1. The van der Waals surface area contributed by atoms with Crippen LogP contribution in [0.25, 0.3) is 0 Å². The minimum Gasteiger partial charge on any atom is -0.355 e. The number of H-pyrrole nitrogens is 1. The van der Waals surface area contributed by atoms with E-state index in [2.05, 4.69) is 25.9 Å². The largest absolute Gasteiger partial charge is 0.355 e. The van der Waals surface area contributed by atoms with Crippen molar-refractivity contribution in [3.05, 3.63) is 39.6 Å². The van der Waals surface area contributed by atoms with Crippen molar-refractivity contribution in [3.8, 4) is 0 Å². The zero-order chi connectivity index (χ0) is 14.5. The van der Waals surface area contributed by atoms with E-state index in [-0.39, 0.29) is 18.2 Å². The smallest absolute Gasteiger partial charge is 0.224 e. The van der Waals surface area contributed by atoms with Crippen molar-refractivity contribution in [1.82, 2.24) is 25.9 Å². The quantitative estimate of drug-likeness (QED) is 0.884. The van der Waals surface area contributed by atoms with Crippen LogP contribution in [0.3, 0.4) is 0 Å². The molecule has 6 nitrogen and oxygen atoms in total. The summed E-state index contributed by atoms with van der Waals surface area (Å²) in [4.78, 5) is 11.9. The average molecular weight is 314 g/mol. The normalized spacial score (nSPS) is 12.2. The van der Waals surface area contributed by atoms with Gasteiger partial charge < -0.3 is 5.32 Å². The van der Waals surface area contributed by atoms with E-state index in [0.29, 0.717) is 22.4 Å². The third kappa shape index (κ3) is 3.91. The summed E-state index contributed by atoms with van der Waals surface area (Å²) >= 11 is 11.8. The molecule has 0 fully saturated rings. The average Bonchev–Trinajstić information content (AvgIpc) is 2.93. The molecule has 1 amide bonds. The molecule has 1 atom stereocenters. The number of tetrazole rings is 1. The van der Waals surface area contributed by atoms with Crippen LogP contribution in [0.5, 0.6) is 0 Å². The number of hydrogen-bond donors (Lipinski definition) is 2. The molecule has 1 unspecified atom stereocenters. The van der Waals surface area contributed by atoms with Crippen molar-refractivity contribution >= 4 is 29.1 Å². The lowest BCUT2D eigenvalue weighted by Gasteiger charge is -2.09. The number of nitrogens with one attached hydrogen (secondary N) is 2. The Kier molecular flexibility index (Phi) is 4.92. The molecular weight excluding hydrogens is 301 g/mol. The Morgan fingerprint density at radius 2 is 2.25 bits per heavy atom. The third-order valence-electron chi connectivity index (χ3n) is 2.77. The summed E-state index contributed by atoms with van der Waals surface area (Å²) in [5.74, 6) is 0.429. The van der Waals surface area contributed by atoms with Crippen LogP contribution in [0.4, 0.5) is 0 Å². The van der Waals surface area contributed by atoms with E-state index < -0.39 is 0 Å². The van der Waals surface area contributed by atoms with Gasteiger partial charge in [-0.05, 0) is 17.7 Å². The number of carbonyl (C=O) groups excluding carboxylic acids is 1. The van der Waals surface area contributed by atoms with Crippen LogP contribution < -0.4 is 5.32 Å². The lowest BCUT2D eigenvalue weighted by Crippen LogP contribution is -2.29. The van der Waals surface area contributed by atoms with Crippen LogP contribution in [0.15, 0.2) is 18.2 Å². The van der Waals surface area contributed by atoms with Crippen LogP contribution >= 0.6 is 23.2 Å². The molecule has 0 radical (unpaired) electrons. The Morgan fingerprint density at radius 1 is 1.45 bits per heavy atom. The van der Waals surface area contributed by atoms with Gasteiger partial charge >= 0.3 is 0 Å². The highest BCUT2D eigenvalue weighted by molar-refractivity contribution is 6.35. The fourth-order valence-corrected chi connectivity index (χ4v) is 2.11. The Balaban J connectivity index is 1.86. The second-order valence-electron chi connectivity index (χ2n) is 4.39. The van der Waals surface area contributed by atoms with E-state index >= 15 is 0 Å². The lowest BCUT2D eigenvalue weighted by atomic mass is 10.1. The van der Waals surface area contributed by atoms with Gasteiger partial charge in [0.15, 0.2) is 5.82 Å². The van der Waals surface area contributed by atoms with Gasteiger partial charge in [-0.15, -0.1) is 10.2 Å². The molecule has 0 saturated heterocycles. The topological polar surface area (TPSA) is 83.6 Å². The summed E-state index contributed by atoms with van der Waals surface area (Å²) in [6.45, 7) is 2.34. The molecule has 8 heteroatoms. The summed E-state index contributed by atoms with van der Waals surface area (Å²) in [5, 5.41) is 17.4. The number of nitrogens with zero attached hydrogens (tertiary/aromatic N) is 3. The lowest BCUT2D eigenvalue weighted by molar-refractivity contribution is -0.120. The Labute approximate surface area is 125 Å². The van der Waals surface area contributed by atoms with Gasteiger partial charge in [-0.25, -0.2) is 0 Å². The van der Waals surface area contributed by atoms with Crippen LogP contribution in [0.2, 0.25) is 10.0 Å². The standard InChI is InChI=1S/C12H13Cl2N5O/c1-7(12-16-18-19-17-12)6-15-11(20)4-8-2-3-9(13)5-10(8)14/h2-3,5,7H,4,6H2,1H3,(H,15,20)(H,16,17,18,19). The predicted octanol–water partition coefficient (Wildman–Crippen LogP) is 1.97. The monoisotopic (exact) mass is 313 g/mol. The first-order valence-corrected chi connectivity index (χ1v) is 6.76. The molecule has 106 valence electrons. The van der Waals surface area contributed by atoms with Gasteiger partial charge in [0.2, 0.25) is 5.91 Å². The second kappa shape index (κ2) is 6.67. The predicted molar refractivity (Wildman–Crippen MR) is 75.8 cm³/mol. The Hall–Kier alpha value is -1.66. The maximum atomic E-state index is 11.9. The minimum atomic E-state index is -0.121. The molecule has 0 aliphatic heterocycles. The molecule has 2 aromatic rings. The summed E-state index contributed by atoms with van der Waals surface area (Å²) in [5.41, 5.74) is 0.737. The van der Waals surface area contributed by atoms with Crippen molar-refractivity contribution in [1.29, 1.82) is 0 Å². The van der Waals surface area contributed by atoms with Crippen molar-refractivity contribution in [2.45, 2.75) is 19.3 Å². The molecule has 1 aromatic heterocycles. The van der Waals surface area contributed by atoms with E-state index in [4.69, 9.17) is 23.2 Å². The summed E-state index contributed by atoms with van der Waals surface area (Å²) in [7, 11) is 0. The number of aromatic nitrogens is 4. The van der Waals surface area contributed by atoms with E-state index in [9.17, 15) is 4.79 Å². The summed E-state index contributed by atoms with van der Waals surface area (Å²) in [6.07, 6.45) is 0.203. The summed E-state index contributed by atoms with van der Waals surface area (Å²) in [6, 6.07) is 5.07. The number of hydrogen-bond acceptors (Lipinski definition) is 4. The zero-order valence-electron chi connectivity index (χ0n) is 10.7. The van der Waals surface area contributed by atoms with E-state index in [1.54, 1.807) is 18.2 Å². The van der Waals surface area contributed by atoms with Gasteiger partial charge in [0.05, 0.1) is 6.42 Å². The van der Waals surface area contributed by atoms with E-state index in [1.165, 1.54) is 0 Å². The molecule has 2 N–H and O–H groups in total. The fraction of sp³-hybridized carbons (Fsp3) is 0.333. The highest BCUT2D eigenvalue weighted by Gasteiger charge is 2.13. The maximum absolute atomic E-state index is 11.9. The number of carbonyl (C=O) groups is 1. The van der Waals surface area contributed by atoms with Crippen LogP contribution in [0.1, 0.15) is 24.2 Å². The van der Waals surface area contributed by atoms with Gasteiger partial charge in [0, 0.05) is 22.5 Å². The van der Waals surface area contributed by atoms with Gasteiger partial charge in [0.25, 0.3) is 0 Å². The van der Waals surface area contributed by atoms with Gasteiger partial charge in [0.1, 0.15) is 0 Å². The maximum Gasteiger partial charge on any atom is 0.224 e. The molecule has 0 saturated carbocycles. The molecule has 1 aromatic carbocycles. The number of amides is 1. The molecule has 1 heterocycles. The number of rotatable bonds is 5. The Morgan fingerprint density at radius 3 is 2.90 bits per heavy atom. The number of aromatic amines is 1. The zero-order valence-corrected chi connectivity index (χ0v) is 12.2. The first kappa shape index (κ1) is 14.7. The number of halogens is 2. The molecule has 0 aliphatic carbocycles. The van der Waals surface area contributed by atoms with Crippen LogP contribution in [0, 0.1) is 0 Å². The van der Waals surface area contributed by atoms with Crippen molar-refractivity contribution < 1.29 is 4.79 Å². The second-order valence-corrected chi connectivity index (χ2v) is 5.23. The molecule has 20 heavy (non-hydrogen) atoms. The third-order valence-corrected chi connectivity index (χ3v) is 3.36.